The Morgan fingerprint density at radius 3 is 2.48 bits per heavy atom. The largest absolute Gasteiger partial charge is 0.494 e. The first kappa shape index (κ1) is 20.6. The molecule has 3 rings (SSSR count). The average molecular weight is 395 g/mol. The summed E-state index contributed by atoms with van der Waals surface area (Å²) in [6.07, 6.45) is 2.38. The lowest BCUT2D eigenvalue weighted by atomic mass is 10.3. The number of hydrogen-bond donors (Lipinski definition) is 3. The Morgan fingerprint density at radius 2 is 1.89 bits per heavy atom. The lowest BCUT2D eigenvalue weighted by Gasteiger charge is -2.12. The van der Waals surface area contributed by atoms with E-state index in [0.717, 1.165) is 29.1 Å². The van der Waals surface area contributed by atoms with Crippen LogP contribution in [0.15, 0.2) is 18.2 Å². The molecule has 1 fully saturated rings. The van der Waals surface area contributed by atoms with E-state index in [1.807, 2.05) is 25.1 Å². The van der Waals surface area contributed by atoms with Gasteiger partial charge in [-0.3, -0.25) is 9.69 Å². The molecule has 1 aliphatic heterocycles. The highest BCUT2D eigenvalue weighted by Gasteiger charge is 2.16. The number of nitrogens with zero attached hydrogens (tertiary/aromatic N) is 2. The number of nitrogens with one attached hydrogen (secondary N) is 1. The van der Waals surface area contributed by atoms with Gasteiger partial charge in [0.2, 0.25) is 5.91 Å². The van der Waals surface area contributed by atoms with E-state index in [1.54, 1.807) is 0 Å². The summed E-state index contributed by atoms with van der Waals surface area (Å²) in [5.74, 6) is -2.80. The first-order valence-corrected chi connectivity index (χ1v) is 9.22. The summed E-state index contributed by atoms with van der Waals surface area (Å²) < 4.78 is 6.50. The molecule has 0 spiro atoms. The molecule has 1 aromatic heterocycles. The van der Waals surface area contributed by atoms with Crippen LogP contribution in [-0.2, 0) is 14.4 Å². The van der Waals surface area contributed by atoms with E-state index < -0.39 is 11.9 Å². The van der Waals surface area contributed by atoms with Crippen molar-refractivity contribution in [3.8, 4) is 5.75 Å². The topological polar surface area (TPSA) is 129 Å². The Labute approximate surface area is 159 Å². The van der Waals surface area contributed by atoms with E-state index in [2.05, 4.69) is 15.2 Å². The molecule has 2 aromatic rings. The second kappa shape index (κ2) is 9.83. The number of anilines is 1. The number of carbonyl (C=O) groups excluding carboxylic acids is 1. The lowest BCUT2D eigenvalue weighted by Crippen LogP contribution is -2.30. The molecular formula is C17H21N3O6S. The summed E-state index contributed by atoms with van der Waals surface area (Å²) in [5, 5.41) is 18.3. The average Bonchev–Trinajstić information content (AvgIpc) is 3.24. The molecule has 0 bridgehead atoms. The van der Waals surface area contributed by atoms with E-state index in [4.69, 9.17) is 24.5 Å². The van der Waals surface area contributed by atoms with Crippen LogP contribution in [-0.4, -0.2) is 64.2 Å². The third-order valence-corrected chi connectivity index (χ3v) is 4.60. The van der Waals surface area contributed by atoms with E-state index in [1.165, 1.54) is 24.2 Å². The number of fused-ring (bicyclic) bond motifs is 1. The van der Waals surface area contributed by atoms with Crippen LogP contribution in [0.4, 0.5) is 5.13 Å². The summed E-state index contributed by atoms with van der Waals surface area (Å²) in [6.45, 7) is 5.10. The molecule has 0 atom stereocenters. The van der Waals surface area contributed by atoms with Crippen molar-refractivity contribution in [3.63, 3.8) is 0 Å². The molecule has 0 radical (unpaired) electrons. The first-order chi connectivity index (χ1) is 12.9. The highest BCUT2D eigenvalue weighted by Crippen LogP contribution is 2.29. The first-order valence-electron chi connectivity index (χ1n) is 8.41. The number of carbonyl (C=O) groups is 3. The van der Waals surface area contributed by atoms with E-state index in [-0.39, 0.29) is 5.91 Å². The Morgan fingerprint density at radius 1 is 1.22 bits per heavy atom. The van der Waals surface area contributed by atoms with Crippen LogP contribution >= 0.6 is 11.3 Å². The van der Waals surface area contributed by atoms with Crippen LogP contribution in [0.1, 0.15) is 19.8 Å². The molecule has 1 aliphatic rings. The SMILES string of the molecule is CCOc1ccc2nc(NC(=O)CN3CCCC3)sc2c1.O=C(O)C(=O)O. The number of aliphatic carboxylic acids is 2. The van der Waals surface area contributed by atoms with Gasteiger partial charge in [-0.25, -0.2) is 14.6 Å². The minimum absolute atomic E-state index is 0.0148. The number of carboxylic acid groups (broad SMARTS) is 2. The summed E-state index contributed by atoms with van der Waals surface area (Å²) in [4.78, 5) is 36.8. The molecule has 1 amide bonds. The molecule has 0 unspecified atom stereocenters. The highest BCUT2D eigenvalue weighted by atomic mass is 32.1. The van der Waals surface area contributed by atoms with Crippen molar-refractivity contribution in [1.29, 1.82) is 0 Å². The van der Waals surface area contributed by atoms with Crippen LogP contribution in [0.5, 0.6) is 5.75 Å². The number of aromatic nitrogens is 1. The van der Waals surface area contributed by atoms with Gasteiger partial charge in [-0.15, -0.1) is 0 Å². The maximum atomic E-state index is 12.0. The van der Waals surface area contributed by atoms with Crippen molar-refractivity contribution in [2.75, 3.05) is 31.6 Å². The minimum Gasteiger partial charge on any atom is -0.494 e. The van der Waals surface area contributed by atoms with Crippen LogP contribution in [0.3, 0.4) is 0 Å². The second-order valence-electron chi connectivity index (χ2n) is 5.72. The molecular weight excluding hydrogens is 374 g/mol. The molecule has 3 N–H and O–H groups in total. The van der Waals surface area contributed by atoms with Crippen LogP contribution in [0, 0.1) is 0 Å². The fourth-order valence-corrected chi connectivity index (χ4v) is 3.43. The number of rotatable bonds is 5. The van der Waals surface area contributed by atoms with Gasteiger partial charge < -0.3 is 20.3 Å². The molecule has 1 saturated heterocycles. The normalized spacial score (nSPS) is 13.7. The molecule has 0 saturated carbocycles. The summed E-state index contributed by atoms with van der Waals surface area (Å²) in [5.41, 5.74) is 0.889. The van der Waals surface area contributed by atoms with Crippen molar-refractivity contribution in [2.45, 2.75) is 19.8 Å². The number of hydrogen-bond acceptors (Lipinski definition) is 7. The van der Waals surface area contributed by atoms with Crippen LogP contribution < -0.4 is 10.1 Å². The van der Waals surface area contributed by atoms with E-state index >= 15 is 0 Å². The van der Waals surface area contributed by atoms with Crippen LogP contribution in [0.2, 0.25) is 0 Å². The smallest absolute Gasteiger partial charge is 0.414 e. The predicted molar refractivity (Wildman–Crippen MR) is 100 cm³/mol. The zero-order valence-corrected chi connectivity index (χ0v) is 15.6. The predicted octanol–water partition coefficient (Wildman–Crippen LogP) is 1.88. The zero-order chi connectivity index (χ0) is 19.8. The van der Waals surface area contributed by atoms with Crippen molar-refractivity contribution < 1.29 is 29.3 Å². The number of ether oxygens (including phenoxy) is 1. The number of thiazole rings is 1. The van der Waals surface area contributed by atoms with Gasteiger partial charge in [0, 0.05) is 0 Å². The molecule has 0 aliphatic carbocycles. The van der Waals surface area contributed by atoms with Gasteiger partial charge in [0.1, 0.15) is 5.75 Å². The molecule has 1 aromatic carbocycles. The Balaban J connectivity index is 0.000000380. The Hall–Kier alpha value is -2.72. The molecule has 2 heterocycles. The monoisotopic (exact) mass is 395 g/mol. The molecule has 146 valence electrons. The number of likely N-dealkylation sites (tertiary alicyclic amines) is 1. The molecule has 10 heteroatoms. The summed E-state index contributed by atoms with van der Waals surface area (Å²) >= 11 is 1.48. The standard InChI is InChI=1S/C15H19N3O2S.C2H2O4/c1-2-20-11-5-6-12-13(9-11)21-15(16-12)17-14(19)10-18-7-3-4-8-18;3-1(4)2(5)6/h5-6,9H,2-4,7-8,10H2,1H3,(H,16,17,19);(H,3,4)(H,5,6). The third-order valence-electron chi connectivity index (χ3n) is 3.67. The maximum absolute atomic E-state index is 12.0. The maximum Gasteiger partial charge on any atom is 0.414 e. The van der Waals surface area contributed by atoms with Crippen molar-refractivity contribution >= 4 is 44.5 Å². The van der Waals surface area contributed by atoms with Gasteiger partial charge in [-0.1, -0.05) is 11.3 Å². The fourth-order valence-electron chi connectivity index (χ4n) is 2.52. The summed E-state index contributed by atoms with van der Waals surface area (Å²) in [6, 6.07) is 5.79. The number of benzene rings is 1. The van der Waals surface area contributed by atoms with E-state index in [9.17, 15) is 4.79 Å². The fraction of sp³-hybridized carbons (Fsp3) is 0.412. The van der Waals surface area contributed by atoms with Crippen molar-refractivity contribution in [2.24, 2.45) is 0 Å². The van der Waals surface area contributed by atoms with Crippen LogP contribution in [0.25, 0.3) is 10.2 Å². The van der Waals surface area contributed by atoms with Gasteiger partial charge in [-0.2, -0.15) is 0 Å². The quantitative estimate of drug-likeness (QED) is 0.655. The van der Waals surface area contributed by atoms with Gasteiger partial charge in [0.05, 0.1) is 23.4 Å². The second-order valence-corrected chi connectivity index (χ2v) is 6.75. The van der Waals surface area contributed by atoms with Gasteiger partial charge >= 0.3 is 11.9 Å². The lowest BCUT2D eigenvalue weighted by molar-refractivity contribution is -0.159. The van der Waals surface area contributed by atoms with Gasteiger partial charge in [0.25, 0.3) is 0 Å². The number of carboxylic acids is 2. The molecule has 9 nitrogen and oxygen atoms in total. The molecule has 27 heavy (non-hydrogen) atoms. The minimum atomic E-state index is -1.82. The van der Waals surface area contributed by atoms with Crippen molar-refractivity contribution in [3.05, 3.63) is 18.2 Å². The number of amides is 1. The third kappa shape index (κ3) is 6.50. The van der Waals surface area contributed by atoms with Crippen molar-refractivity contribution in [1.82, 2.24) is 9.88 Å². The summed E-state index contributed by atoms with van der Waals surface area (Å²) in [7, 11) is 0. The van der Waals surface area contributed by atoms with Gasteiger partial charge in [-0.05, 0) is 51.1 Å². The highest BCUT2D eigenvalue weighted by molar-refractivity contribution is 7.22. The Kier molecular flexibility index (Phi) is 7.50. The van der Waals surface area contributed by atoms with E-state index in [0.29, 0.717) is 18.3 Å². The zero-order valence-electron chi connectivity index (χ0n) is 14.8. The Bertz CT molecular complexity index is 804. The van der Waals surface area contributed by atoms with Gasteiger partial charge in [0.15, 0.2) is 5.13 Å².